The van der Waals surface area contributed by atoms with E-state index in [1.54, 1.807) is 12.1 Å². The summed E-state index contributed by atoms with van der Waals surface area (Å²) in [5, 5.41) is 0.645. The number of anilines is 1. The zero-order chi connectivity index (χ0) is 17.6. The van der Waals surface area contributed by atoms with Crippen LogP contribution in [0.4, 0.5) is 5.69 Å². The second kappa shape index (κ2) is 8.23. The van der Waals surface area contributed by atoms with E-state index in [2.05, 4.69) is 9.80 Å². The Kier molecular flexibility index (Phi) is 5.79. The maximum absolute atomic E-state index is 11.1. The normalized spacial score (nSPS) is 15.2. The van der Waals surface area contributed by atoms with Gasteiger partial charge in [-0.15, -0.1) is 0 Å². The van der Waals surface area contributed by atoms with Gasteiger partial charge >= 0.3 is 0 Å². The molecule has 132 valence electrons. The first-order valence-corrected chi connectivity index (χ1v) is 8.76. The highest BCUT2D eigenvalue weighted by atomic mass is 35.5. The summed E-state index contributed by atoms with van der Waals surface area (Å²) in [7, 11) is 0. The van der Waals surface area contributed by atoms with Gasteiger partial charge in [-0.1, -0.05) is 23.7 Å². The van der Waals surface area contributed by atoms with Gasteiger partial charge in [0.1, 0.15) is 12.4 Å². The molecule has 1 amide bonds. The molecule has 0 aromatic heterocycles. The third kappa shape index (κ3) is 4.65. The fraction of sp³-hybridized carbons (Fsp3) is 0.316. The van der Waals surface area contributed by atoms with Gasteiger partial charge in [0.2, 0.25) is 5.91 Å². The predicted molar refractivity (Wildman–Crippen MR) is 101 cm³/mol. The van der Waals surface area contributed by atoms with Crippen LogP contribution in [0.15, 0.2) is 48.5 Å². The molecular weight excluding hydrogens is 338 g/mol. The van der Waals surface area contributed by atoms with Crippen molar-refractivity contribution in [2.45, 2.75) is 0 Å². The third-order valence-electron chi connectivity index (χ3n) is 4.39. The lowest BCUT2D eigenvalue weighted by Crippen LogP contribution is -2.47. The molecule has 1 fully saturated rings. The summed E-state index contributed by atoms with van der Waals surface area (Å²) in [6.45, 7) is 5.34. The zero-order valence-electron chi connectivity index (χ0n) is 14.0. The number of rotatable bonds is 6. The van der Waals surface area contributed by atoms with Crippen molar-refractivity contribution in [2.24, 2.45) is 5.73 Å². The number of benzene rings is 2. The van der Waals surface area contributed by atoms with E-state index in [1.807, 2.05) is 36.4 Å². The summed E-state index contributed by atoms with van der Waals surface area (Å²) >= 11 is 6.09. The van der Waals surface area contributed by atoms with Gasteiger partial charge < -0.3 is 15.4 Å². The van der Waals surface area contributed by atoms with Gasteiger partial charge in [0.05, 0.1) is 5.02 Å². The van der Waals surface area contributed by atoms with Crippen molar-refractivity contribution in [1.29, 1.82) is 0 Å². The zero-order valence-corrected chi connectivity index (χ0v) is 14.8. The Morgan fingerprint density at radius 1 is 1.04 bits per heavy atom. The van der Waals surface area contributed by atoms with Crippen LogP contribution in [0.5, 0.6) is 5.75 Å². The van der Waals surface area contributed by atoms with Crippen molar-refractivity contribution < 1.29 is 9.53 Å². The van der Waals surface area contributed by atoms with E-state index in [9.17, 15) is 4.79 Å². The van der Waals surface area contributed by atoms with E-state index in [0.29, 0.717) is 17.2 Å². The van der Waals surface area contributed by atoms with E-state index in [0.717, 1.165) is 44.2 Å². The molecule has 2 aromatic rings. The summed E-state index contributed by atoms with van der Waals surface area (Å²) < 4.78 is 5.76. The Bertz CT molecular complexity index is 713. The summed E-state index contributed by atoms with van der Waals surface area (Å²) in [6, 6.07) is 15.0. The van der Waals surface area contributed by atoms with Crippen molar-refractivity contribution in [2.75, 3.05) is 44.2 Å². The molecule has 1 saturated heterocycles. The molecular formula is C19H22ClN3O2. The number of amides is 1. The van der Waals surface area contributed by atoms with Crippen molar-refractivity contribution in [3.05, 3.63) is 59.1 Å². The van der Waals surface area contributed by atoms with Crippen LogP contribution in [0.1, 0.15) is 10.4 Å². The summed E-state index contributed by atoms with van der Waals surface area (Å²) in [5.41, 5.74) is 6.94. The Labute approximate surface area is 152 Å². The third-order valence-corrected chi connectivity index (χ3v) is 4.70. The molecule has 2 N–H and O–H groups in total. The van der Waals surface area contributed by atoms with E-state index >= 15 is 0 Å². The smallest absolute Gasteiger partial charge is 0.248 e. The summed E-state index contributed by atoms with van der Waals surface area (Å²) in [5.74, 6) is 0.340. The summed E-state index contributed by atoms with van der Waals surface area (Å²) in [6.07, 6.45) is 0. The van der Waals surface area contributed by atoms with Crippen molar-refractivity contribution >= 4 is 23.2 Å². The minimum Gasteiger partial charge on any atom is -0.491 e. The second-order valence-corrected chi connectivity index (χ2v) is 6.43. The first kappa shape index (κ1) is 17.6. The SMILES string of the molecule is NC(=O)c1ccc(N2CCN(CCOc3ccccc3Cl)CC2)cc1. The van der Waals surface area contributed by atoms with Gasteiger partial charge in [-0.2, -0.15) is 0 Å². The number of para-hydroxylation sites is 1. The number of nitrogens with zero attached hydrogens (tertiary/aromatic N) is 2. The van der Waals surface area contributed by atoms with Crippen molar-refractivity contribution in [1.82, 2.24) is 4.90 Å². The first-order valence-electron chi connectivity index (χ1n) is 8.38. The molecule has 0 saturated carbocycles. The number of nitrogens with two attached hydrogens (primary N) is 1. The average Bonchev–Trinajstić information content (AvgIpc) is 2.64. The lowest BCUT2D eigenvalue weighted by atomic mass is 10.1. The molecule has 0 spiro atoms. The Morgan fingerprint density at radius 3 is 2.36 bits per heavy atom. The maximum atomic E-state index is 11.1. The van der Waals surface area contributed by atoms with Gasteiger partial charge in [0.25, 0.3) is 0 Å². The van der Waals surface area contributed by atoms with Crippen LogP contribution >= 0.6 is 11.6 Å². The highest BCUT2D eigenvalue weighted by Gasteiger charge is 2.17. The molecule has 0 bridgehead atoms. The van der Waals surface area contributed by atoms with Gasteiger partial charge in [0.15, 0.2) is 0 Å². The fourth-order valence-electron chi connectivity index (χ4n) is 2.91. The minimum atomic E-state index is -0.394. The van der Waals surface area contributed by atoms with E-state index < -0.39 is 5.91 Å². The highest BCUT2D eigenvalue weighted by Crippen LogP contribution is 2.23. The van der Waals surface area contributed by atoms with E-state index in [1.165, 1.54) is 0 Å². The topological polar surface area (TPSA) is 58.8 Å². The number of carbonyl (C=O) groups is 1. The van der Waals surface area contributed by atoms with Crippen LogP contribution in [-0.2, 0) is 0 Å². The van der Waals surface area contributed by atoms with Crippen molar-refractivity contribution in [3.63, 3.8) is 0 Å². The largest absolute Gasteiger partial charge is 0.491 e. The lowest BCUT2D eigenvalue weighted by Gasteiger charge is -2.36. The van der Waals surface area contributed by atoms with E-state index in [-0.39, 0.29) is 0 Å². The highest BCUT2D eigenvalue weighted by molar-refractivity contribution is 6.32. The van der Waals surface area contributed by atoms with Gasteiger partial charge in [-0.3, -0.25) is 9.69 Å². The quantitative estimate of drug-likeness (QED) is 0.861. The number of piperazine rings is 1. The van der Waals surface area contributed by atoms with Crippen LogP contribution in [0.3, 0.4) is 0 Å². The van der Waals surface area contributed by atoms with Gasteiger partial charge in [0, 0.05) is 44.0 Å². The molecule has 0 atom stereocenters. The van der Waals surface area contributed by atoms with Crippen LogP contribution in [-0.4, -0.2) is 50.1 Å². The second-order valence-electron chi connectivity index (χ2n) is 6.02. The predicted octanol–water partition coefficient (Wildman–Crippen LogP) is 2.64. The Hall–Kier alpha value is -2.24. The fourth-order valence-corrected chi connectivity index (χ4v) is 3.10. The van der Waals surface area contributed by atoms with Crippen LogP contribution in [0.2, 0.25) is 5.02 Å². The number of primary amides is 1. The molecule has 0 aliphatic carbocycles. The van der Waals surface area contributed by atoms with E-state index in [4.69, 9.17) is 22.1 Å². The molecule has 25 heavy (non-hydrogen) atoms. The molecule has 0 unspecified atom stereocenters. The molecule has 5 nitrogen and oxygen atoms in total. The number of halogens is 1. The van der Waals surface area contributed by atoms with Crippen molar-refractivity contribution in [3.8, 4) is 5.75 Å². The van der Waals surface area contributed by atoms with Crippen LogP contribution < -0.4 is 15.4 Å². The number of hydrogen-bond donors (Lipinski definition) is 1. The molecule has 0 radical (unpaired) electrons. The average molecular weight is 360 g/mol. The Balaban J connectivity index is 1.44. The number of ether oxygens (including phenoxy) is 1. The van der Waals surface area contributed by atoms with Crippen LogP contribution in [0, 0.1) is 0 Å². The molecule has 2 aromatic carbocycles. The molecule has 1 aliphatic rings. The monoisotopic (exact) mass is 359 g/mol. The van der Waals surface area contributed by atoms with Gasteiger partial charge in [-0.25, -0.2) is 0 Å². The summed E-state index contributed by atoms with van der Waals surface area (Å²) in [4.78, 5) is 15.8. The number of hydrogen-bond acceptors (Lipinski definition) is 4. The Morgan fingerprint density at radius 2 is 1.72 bits per heavy atom. The standard InChI is InChI=1S/C19H22ClN3O2/c20-17-3-1-2-4-18(17)25-14-13-22-9-11-23(12-10-22)16-7-5-15(6-8-16)19(21)24/h1-8H,9-14H2,(H2,21,24). The lowest BCUT2D eigenvalue weighted by molar-refractivity contribution is 0.100. The molecule has 3 rings (SSSR count). The van der Waals surface area contributed by atoms with Gasteiger partial charge in [-0.05, 0) is 36.4 Å². The maximum Gasteiger partial charge on any atom is 0.248 e. The first-order chi connectivity index (χ1) is 12.1. The minimum absolute atomic E-state index is 0.394. The van der Waals surface area contributed by atoms with Crippen LogP contribution in [0.25, 0.3) is 0 Å². The molecule has 1 heterocycles. The molecule has 6 heteroatoms. The number of carbonyl (C=O) groups excluding carboxylic acids is 1. The molecule has 1 aliphatic heterocycles.